The van der Waals surface area contributed by atoms with Crippen LogP contribution in [0.4, 0.5) is 0 Å². The van der Waals surface area contributed by atoms with Crippen LogP contribution < -0.4 is 0 Å². The van der Waals surface area contributed by atoms with Gasteiger partial charge in [-0.05, 0) is 18.1 Å². The van der Waals surface area contributed by atoms with Gasteiger partial charge in [-0.25, -0.2) is 0 Å². The molecule has 0 bridgehead atoms. The molecule has 74 valence electrons. The molecule has 3 nitrogen and oxygen atoms in total. The van der Waals surface area contributed by atoms with Crippen molar-refractivity contribution in [2.45, 2.75) is 25.4 Å². The number of rotatable bonds is 2. The van der Waals surface area contributed by atoms with Crippen molar-refractivity contribution in [3.8, 4) is 5.75 Å². The Morgan fingerprint density at radius 3 is 2.86 bits per heavy atom. The lowest BCUT2D eigenvalue weighted by Gasteiger charge is -2.09. The average molecular weight is 192 g/mol. The number of phenolic OH excluding ortho intramolecular Hbond substituents is 1. The van der Waals surface area contributed by atoms with Gasteiger partial charge >= 0.3 is 5.97 Å². The monoisotopic (exact) mass is 192 g/mol. The zero-order valence-corrected chi connectivity index (χ0v) is 7.77. The van der Waals surface area contributed by atoms with Crippen LogP contribution in [0.15, 0.2) is 24.3 Å². The number of benzene rings is 1. The lowest BCUT2D eigenvalue weighted by molar-refractivity contribution is -0.141. The Bertz CT molecular complexity index is 346. The molecule has 1 saturated heterocycles. The summed E-state index contributed by atoms with van der Waals surface area (Å²) in [5.41, 5.74) is 0.840. The minimum absolute atomic E-state index is 0.0594. The quantitative estimate of drug-likeness (QED) is 0.724. The summed E-state index contributed by atoms with van der Waals surface area (Å²) in [5.74, 6) is 0.140. The third kappa shape index (κ3) is 1.87. The number of hydrogen-bond donors (Lipinski definition) is 1. The number of para-hydroxylation sites is 1. The molecule has 0 saturated carbocycles. The summed E-state index contributed by atoms with van der Waals surface area (Å²) >= 11 is 0. The highest BCUT2D eigenvalue weighted by Crippen LogP contribution is 2.23. The molecule has 3 heteroatoms. The van der Waals surface area contributed by atoms with Crippen LogP contribution in [0, 0.1) is 0 Å². The molecule has 0 spiro atoms. The van der Waals surface area contributed by atoms with Gasteiger partial charge in [-0.15, -0.1) is 0 Å². The average Bonchev–Trinajstić information content (AvgIpc) is 2.56. The summed E-state index contributed by atoms with van der Waals surface area (Å²) in [4.78, 5) is 10.8. The summed E-state index contributed by atoms with van der Waals surface area (Å²) < 4.78 is 5.07. The first-order chi connectivity index (χ1) is 6.75. The molecule has 1 fully saturated rings. The first kappa shape index (κ1) is 9.06. The van der Waals surface area contributed by atoms with Gasteiger partial charge in [0.1, 0.15) is 11.9 Å². The Balaban J connectivity index is 2.04. The molecule has 0 unspecified atom stereocenters. The van der Waals surface area contributed by atoms with Crippen LogP contribution in [0.1, 0.15) is 18.4 Å². The number of carbonyl (C=O) groups excluding carboxylic acids is 1. The van der Waals surface area contributed by atoms with E-state index in [1.165, 1.54) is 0 Å². The topological polar surface area (TPSA) is 46.5 Å². The van der Waals surface area contributed by atoms with Crippen molar-refractivity contribution in [1.29, 1.82) is 0 Å². The zero-order valence-electron chi connectivity index (χ0n) is 7.77. The molecule has 1 aliphatic heterocycles. The van der Waals surface area contributed by atoms with E-state index in [1.54, 1.807) is 12.1 Å². The predicted molar refractivity (Wildman–Crippen MR) is 50.9 cm³/mol. The van der Waals surface area contributed by atoms with E-state index in [4.69, 9.17) is 4.74 Å². The summed E-state index contributed by atoms with van der Waals surface area (Å²) in [6, 6.07) is 7.14. The zero-order chi connectivity index (χ0) is 9.97. The van der Waals surface area contributed by atoms with Crippen LogP contribution in [0.5, 0.6) is 5.75 Å². The molecular weight excluding hydrogens is 180 g/mol. The molecule has 2 rings (SSSR count). The van der Waals surface area contributed by atoms with Gasteiger partial charge in [-0.2, -0.15) is 0 Å². The highest BCUT2D eigenvalue weighted by molar-refractivity contribution is 5.71. The van der Waals surface area contributed by atoms with Crippen LogP contribution in [0.3, 0.4) is 0 Å². The first-order valence-corrected chi connectivity index (χ1v) is 4.72. The second kappa shape index (κ2) is 3.70. The van der Waals surface area contributed by atoms with Crippen LogP contribution in [0.2, 0.25) is 0 Å². The van der Waals surface area contributed by atoms with Crippen molar-refractivity contribution >= 4 is 5.97 Å². The fraction of sp³-hybridized carbons (Fsp3) is 0.364. The Labute approximate surface area is 82.3 Å². The number of cyclic esters (lactones) is 1. The highest BCUT2D eigenvalue weighted by Gasteiger charge is 2.23. The largest absolute Gasteiger partial charge is 0.508 e. The van der Waals surface area contributed by atoms with Crippen LogP contribution in [0.25, 0.3) is 0 Å². The van der Waals surface area contributed by atoms with E-state index in [2.05, 4.69) is 0 Å². The Morgan fingerprint density at radius 1 is 1.43 bits per heavy atom. The van der Waals surface area contributed by atoms with E-state index in [1.807, 2.05) is 12.1 Å². The second-order valence-electron chi connectivity index (χ2n) is 3.48. The number of esters is 1. The molecule has 1 atom stereocenters. The minimum atomic E-state index is -0.134. The molecule has 0 aliphatic carbocycles. The fourth-order valence-electron chi connectivity index (χ4n) is 1.66. The Hall–Kier alpha value is -1.51. The van der Waals surface area contributed by atoms with Gasteiger partial charge < -0.3 is 9.84 Å². The van der Waals surface area contributed by atoms with Gasteiger partial charge in [0, 0.05) is 12.8 Å². The molecule has 0 amide bonds. The molecule has 14 heavy (non-hydrogen) atoms. The maximum atomic E-state index is 10.8. The van der Waals surface area contributed by atoms with Gasteiger partial charge in [0.15, 0.2) is 0 Å². The second-order valence-corrected chi connectivity index (χ2v) is 3.48. The first-order valence-electron chi connectivity index (χ1n) is 4.72. The molecule has 1 heterocycles. The summed E-state index contributed by atoms with van der Waals surface area (Å²) in [6.45, 7) is 0. The number of hydrogen-bond acceptors (Lipinski definition) is 3. The van der Waals surface area contributed by atoms with E-state index in [0.717, 1.165) is 12.0 Å². The van der Waals surface area contributed by atoms with Crippen LogP contribution in [-0.4, -0.2) is 17.2 Å². The highest BCUT2D eigenvalue weighted by atomic mass is 16.5. The maximum Gasteiger partial charge on any atom is 0.306 e. The predicted octanol–water partition coefficient (Wildman–Crippen LogP) is 1.64. The van der Waals surface area contributed by atoms with Crippen LogP contribution >= 0.6 is 0 Å². The molecule has 1 aromatic carbocycles. The third-order valence-corrected chi connectivity index (χ3v) is 2.41. The Morgan fingerprint density at radius 2 is 2.21 bits per heavy atom. The van der Waals surface area contributed by atoms with E-state index in [0.29, 0.717) is 12.8 Å². The lowest BCUT2D eigenvalue weighted by atomic mass is 10.1. The van der Waals surface area contributed by atoms with Gasteiger partial charge in [0.05, 0.1) is 0 Å². The maximum absolute atomic E-state index is 10.8. The van der Waals surface area contributed by atoms with Crippen LogP contribution in [-0.2, 0) is 16.0 Å². The van der Waals surface area contributed by atoms with Crippen molar-refractivity contribution in [3.63, 3.8) is 0 Å². The van der Waals surface area contributed by atoms with Gasteiger partial charge in [0.2, 0.25) is 0 Å². The molecule has 1 aromatic rings. The number of aromatic hydroxyl groups is 1. The molecule has 1 aliphatic rings. The summed E-state index contributed by atoms with van der Waals surface area (Å²) in [5, 5.41) is 9.50. The van der Waals surface area contributed by atoms with E-state index >= 15 is 0 Å². The SMILES string of the molecule is O=C1CC[C@H](Cc2ccccc2O)O1. The van der Waals surface area contributed by atoms with Gasteiger partial charge in [-0.1, -0.05) is 18.2 Å². The minimum Gasteiger partial charge on any atom is -0.508 e. The van der Waals surface area contributed by atoms with Crippen molar-refractivity contribution < 1.29 is 14.6 Å². The van der Waals surface area contributed by atoms with Gasteiger partial charge in [0.25, 0.3) is 0 Å². The lowest BCUT2D eigenvalue weighted by Crippen LogP contribution is -2.10. The van der Waals surface area contributed by atoms with E-state index < -0.39 is 0 Å². The third-order valence-electron chi connectivity index (χ3n) is 2.41. The smallest absolute Gasteiger partial charge is 0.306 e. The van der Waals surface area contributed by atoms with E-state index in [-0.39, 0.29) is 17.8 Å². The number of ether oxygens (including phenoxy) is 1. The van der Waals surface area contributed by atoms with E-state index in [9.17, 15) is 9.90 Å². The Kier molecular flexibility index (Phi) is 2.39. The van der Waals surface area contributed by atoms with Crippen molar-refractivity contribution in [3.05, 3.63) is 29.8 Å². The standard InChI is InChI=1S/C11H12O3/c12-10-4-2-1-3-8(10)7-9-5-6-11(13)14-9/h1-4,9,12H,5-7H2/t9-/m1/s1. The molecular formula is C11H12O3. The normalized spacial score (nSPS) is 20.9. The number of carbonyl (C=O) groups is 1. The molecule has 1 N–H and O–H groups in total. The summed E-state index contributed by atoms with van der Waals surface area (Å²) in [7, 11) is 0. The summed E-state index contributed by atoms with van der Waals surface area (Å²) in [6.07, 6.45) is 1.81. The van der Waals surface area contributed by atoms with Crippen molar-refractivity contribution in [2.75, 3.05) is 0 Å². The fourth-order valence-corrected chi connectivity index (χ4v) is 1.66. The molecule has 0 radical (unpaired) electrons. The van der Waals surface area contributed by atoms with Crippen molar-refractivity contribution in [2.24, 2.45) is 0 Å². The number of phenols is 1. The molecule has 0 aromatic heterocycles. The van der Waals surface area contributed by atoms with Crippen molar-refractivity contribution in [1.82, 2.24) is 0 Å². The van der Waals surface area contributed by atoms with Gasteiger partial charge in [-0.3, -0.25) is 4.79 Å².